The summed E-state index contributed by atoms with van der Waals surface area (Å²) in [6, 6.07) is 83.5. The van der Waals surface area contributed by atoms with E-state index < -0.39 is 0 Å². The maximum atomic E-state index is 2.62. The molecule has 14 rings (SSSR count). The Labute approximate surface area is 470 Å². The van der Waals surface area contributed by atoms with E-state index in [1.54, 1.807) is 0 Å². The number of fused-ring (bicyclic) bond motifs is 12. The van der Waals surface area contributed by atoms with Crippen LogP contribution in [0.4, 0.5) is 34.1 Å². The summed E-state index contributed by atoms with van der Waals surface area (Å²) in [4.78, 5) is 5.24. The number of thiophene rings is 1. The van der Waals surface area contributed by atoms with Gasteiger partial charge >= 0.3 is 0 Å². The van der Waals surface area contributed by atoms with Crippen molar-refractivity contribution in [3.05, 3.63) is 235 Å². The summed E-state index contributed by atoms with van der Waals surface area (Å²) in [6.45, 7) is 21.0. The second kappa shape index (κ2) is 18.2. The van der Waals surface area contributed by atoms with Gasteiger partial charge in [-0.1, -0.05) is 220 Å². The second-order valence-electron chi connectivity index (χ2n) is 24.9. The molecule has 1 aromatic heterocycles. The van der Waals surface area contributed by atoms with Crippen LogP contribution in [0.15, 0.2) is 218 Å². The normalized spacial score (nSPS) is 13.4. The fourth-order valence-electron chi connectivity index (χ4n) is 12.9. The highest BCUT2D eigenvalue weighted by Crippen LogP contribution is 2.51. The van der Waals surface area contributed by atoms with Gasteiger partial charge in [0.2, 0.25) is 0 Å². The Morgan fingerprint density at radius 3 is 1.54 bits per heavy atom. The molecule has 4 heteroatoms. The maximum Gasteiger partial charge on any atom is 0.264 e. The Kier molecular flexibility index (Phi) is 11.3. The Morgan fingerprint density at radius 1 is 0.380 bits per heavy atom. The van der Waals surface area contributed by atoms with Gasteiger partial charge in [0.15, 0.2) is 0 Å². The third-order valence-electron chi connectivity index (χ3n) is 17.7. The van der Waals surface area contributed by atoms with Crippen LogP contribution < -0.4 is 25.5 Å². The van der Waals surface area contributed by atoms with E-state index in [4.69, 9.17) is 0 Å². The number of hydrogen-bond donors (Lipinski definition) is 0. The molecule has 0 saturated heterocycles. The molecule has 0 unspecified atom stereocenters. The van der Waals surface area contributed by atoms with Gasteiger partial charge in [0, 0.05) is 43.2 Å². The van der Waals surface area contributed by atoms with Crippen molar-refractivity contribution in [3.63, 3.8) is 0 Å². The SMILES string of the molecule is CCC(C)(C)c1ccc(N2c3cccc4c3B(c3cc(-c5ccc(-c6ccccc6)cc5)ccc3N4c3ccc(C(C)(C)C)cc3-c3ccc4c5ccccc5c5ccccc5c4c3)c3sc4ccc(C(C)(C)C)cc4c32)cc1. The summed E-state index contributed by atoms with van der Waals surface area (Å²) in [5.74, 6) is 0. The molecule has 0 fully saturated rings. The van der Waals surface area contributed by atoms with E-state index >= 15 is 0 Å². The molecule has 0 bridgehead atoms. The molecular weight excluding hydrogens is 972 g/mol. The molecule has 0 atom stereocenters. The molecule has 0 saturated carbocycles. The van der Waals surface area contributed by atoms with Gasteiger partial charge in [0.05, 0.1) is 11.4 Å². The summed E-state index contributed by atoms with van der Waals surface area (Å²) >= 11 is 1.98. The monoisotopic (exact) mass is 1040 g/mol. The number of rotatable bonds is 7. The highest BCUT2D eigenvalue weighted by Gasteiger charge is 2.46. The first-order chi connectivity index (χ1) is 38.1. The van der Waals surface area contributed by atoms with Gasteiger partial charge in [-0.3, -0.25) is 0 Å². The highest BCUT2D eigenvalue weighted by molar-refractivity contribution is 7.33. The van der Waals surface area contributed by atoms with Crippen LogP contribution >= 0.6 is 11.3 Å². The van der Waals surface area contributed by atoms with Gasteiger partial charge < -0.3 is 9.80 Å². The van der Waals surface area contributed by atoms with Crippen LogP contribution in [-0.4, -0.2) is 6.71 Å². The van der Waals surface area contributed by atoms with Crippen LogP contribution in [0.5, 0.6) is 0 Å². The number of nitrogens with zero attached hydrogens (tertiary/aromatic N) is 2. The quantitative estimate of drug-likeness (QED) is 0.116. The number of benzene rings is 11. The van der Waals surface area contributed by atoms with E-state index in [1.165, 1.54) is 142 Å². The number of hydrogen-bond acceptors (Lipinski definition) is 3. The Balaban J connectivity index is 1.05. The first-order valence-electron chi connectivity index (χ1n) is 28.3. The second-order valence-corrected chi connectivity index (χ2v) is 26.0. The van der Waals surface area contributed by atoms with Crippen molar-refractivity contribution in [1.29, 1.82) is 0 Å². The topological polar surface area (TPSA) is 6.48 Å². The Morgan fingerprint density at radius 2 is 0.899 bits per heavy atom. The summed E-state index contributed by atoms with van der Waals surface area (Å²) in [7, 11) is 0. The molecule has 11 aromatic carbocycles. The van der Waals surface area contributed by atoms with E-state index in [2.05, 4.69) is 291 Å². The zero-order valence-corrected chi connectivity index (χ0v) is 47.7. The molecule has 0 spiro atoms. The van der Waals surface area contributed by atoms with Crippen molar-refractivity contribution in [1.82, 2.24) is 0 Å². The van der Waals surface area contributed by atoms with Crippen molar-refractivity contribution in [2.45, 2.75) is 85.0 Å². The van der Waals surface area contributed by atoms with E-state index in [-0.39, 0.29) is 23.0 Å². The molecule has 79 heavy (non-hydrogen) atoms. The third-order valence-corrected chi connectivity index (χ3v) is 18.9. The average molecular weight is 1040 g/mol. The minimum atomic E-state index is -0.0817. The first-order valence-corrected chi connectivity index (χ1v) is 29.1. The van der Waals surface area contributed by atoms with Crippen molar-refractivity contribution < 1.29 is 0 Å². The van der Waals surface area contributed by atoms with Gasteiger partial charge in [-0.2, -0.15) is 0 Å². The van der Waals surface area contributed by atoms with E-state index in [0.717, 1.165) is 6.42 Å². The smallest absolute Gasteiger partial charge is 0.264 e. The van der Waals surface area contributed by atoms with Crippen molar-refractivity contribution in [2.24, 2.45) is 0 Å². The van der Waals surface area contributed by atoms with E-state index in [9.17, 15) is 0 Å². The summed E-state index contributed by atoms with van der Waals surface area (Å²) in [5, 5.41) is 9.00. The van der Waals surface area contributed by atoms with Crippen LogP contribution in [0.2, 0.25) is 0 Å². The minimum absolute atomic E-state index is 0.0178. The van der Waals surface area contributed by atoms with Crippen LogP contribution in [0.1, 0.15) is 85.4 Å². The molecule has 2 nitrogen and oxygen atoms in total. The molecule has 3 heterocycles. The summed E-state index contributed by atoms with van der Waals surface area (Å²) in [6.07, 6.45) is 1.07. The fraction of sp³-hybridized carbons (Fsp3) is 0.173. The molecule has 0 radical (unpaired) electrons. The van der Waals surface area contributed by atoms with Gasteiger partial charge in [-0.05, 0) is 171 Å². The Bertz CT molecular complexity index is 4360. The van der Waals surface area contributed by atoms with Crippen molar-refractivity contribution >= 4 is 110 Å². The maximum absolute atomic E-state index is 2.62. The van der Waals surface area contributed by atoms with Crippen LogP contribution in [0.25, 0.3) is 75.8 Å². The van der Waals surface area contributed by atoms with Crippen LogP contribution in [0, 0.1) is 0 Å². The molecular formula is C75H65BN2S. The Hall–Kier alpha value is -8.18. The van der Waals surface area contributed by atoms with Crippen molar-refractivity contribution in [2.75, 3.05) is 9.80 Å². The van der Waals surface area contributed by atoms with E-state index in [0.29, 0.717) is 0 Å². The molecule has 2 aliphatic rings. The highest BCUT2D eigenvalue weighted by atomic mass is 32.1. The standard InChI is InChI=1S/C75H65BN2S/c1-10-75(8,9)52-33-37-55(38-34-52)77-67-25-18-26-68-70(67)76(72-71(77)63-46-54(74(5,6)7)36-42-69(63)79-72)64-44-50(49-29-27-48(28-30-49)47-19-12-11-13-20-47)32-40-66(64)78(68)65-41-35-53(73(2,3)4)45-61(65)51-31-39-60-58-23-15-14-21-56(58)57-22-16-17-24-59(57)62(60)43-51/h11-46H,10H2,1-9H3. The predicted molar refractivity (Wildman–Crippen MR) is 345 cm³/mol. The predicted octanol–water partition coefficient (Wildman–Crippen LogP) is 19.7. The average Bonchev–Trinajstić information content (AvgIpc) is 4.05. The third kappa shape index (κ3) is 7.96. The summed E-state index contributed by atoms with van der Waals surface area (Å²) in [5.41, 5.74) is 21.2. The molecule has 0 aliphatic carbocycles. The molecule has 0 N–H and O–H groups in total. The van der Waals surface area contributed by atoms with Crippen molar-refractivity contribution in [3.8, 4) is 33.4 Å². The van der Waals surface area contributed by atoms with Gasteiger partial charge in [-0.15, -0.1) is 11.3 Å². The molecule has 384 valence electrons. The van der Waals surface area contributed by atoms with E-state index in [1.807, 2.05) is 11.3 Å². The molecule has 0 amide bonds. The largest absolute Gasteiger partial charge is 0.311 e. The summed E-state index contributed by atoms with van der Waals surface area (Å²) < 4.78 is 2.70. The van der Waals surface area contributed by atoms with Gasteiger partial charge in [0.1, 0.15) is 0 Å². The van der Waals surface area contributed by atoms with Gasteiger partial charge in [0.25, 0.3) is 6.71 Å². The van der Waals surface area contributed by atoms with Gasteiger partial charge in [-0.25, -0.2) is 0 Å². The van der Waals surface area contributed by atoms with Crippen LogP contribution in [-0.2, 0) is 16.2 Å². The molecule has 12 aromatic rings. The van der Waals surface area contributed by atoms with Crippen LogP contribution in [0.3, 0.4) is 0 Å². The zero-order valence-electron chi connectivity index (χ0n) is 46.9. The fourth-order valence-corrected chi connectivity index (χ4v) is 14.2. The lowest BCUT2D eigenvalue weighted by Gasteiger charge is -2.43. The lowest BCUT2D eigenvalue weighted by atomic mass is 9.36. The minimum Gasteiger partial charge on any atom is -0.311 e. The lowest BCUT2D eigenvalue weighted by molar-refractivity contribution is 0.506. The first kappa shape index (κ1) is 49.1. The zero-order chi connectivity index (χ0) is 54.1. The lowest BCUT2D eigenvalue weighted by Crippen LogP contribution is -2.60. The molecule has 2 aliphatic heterocycles. The number of anilines is 6.